The van der Waals surface area contributed by atoms with Crippen molar-refractivity contribution in [3.63, 3.8) is 0 Å². The predicted molar refractivity (Wildman–Crippen MR) is 109 cm³/mol. The summed E-state index contributed by atoms with van der Waals surface area (Å²) in [4.78, 5) is 13.3. The molecule has 0 fully saturated rings. The smallest absolute Gasteiger partial charge is 0.235 e. The zero-order valence-corrected chi connectivity index (χ0v) is 16.9. The number of rotatable bonds is 3. The monoisotopic (exact) mass is 408 g/mol. The zero-order valence-electron chi connectivity index (χ0n) is 16.9. The second-order valence-electron chi connectivity index (χ2n) is 7.30. The molecule has 3 heterocycles. The number of methoxy groups -OCH3 is 2. The SMILES string of the molecule is C=C(C)[C@H]1Cc2c(ccc3c(=O)c4c(oc23)COc2cc(OC)c(OC)cc2O4)O1. The quantitative estimate of drug-likeness (QED) is 0.596. The summed E-state index contributed by atoms with van der Waals surface area (Å²) in [6.07, 6.45) is 0.464. The first-order chi connectivity index (χ1) is 14.5. The second kappa shape index (κ2) is 6.73. The summed E-state index contributed by atoms with van der Waals surface area (Å²) in [5.41, 5.74) is 2.00. The van der Waals surface area contributed by atoms with Crippen LogP contribution in [0, 0.1) is 0 Å². The van der Waals surface area contributed by atoms with Gasteiger partial charge in [-0.2, -0.15) is 0 Å². The average molecular weight is 408 g/mol. The van der Waals surface area contributed by atoms with Gasteiger partial charge in [-0.3, -0.25) is 4.79 Å². The fourth-order valence-corrected chi connectivity index (χ4v) is 3.77. The van der Waals surface area contributed by atoms with Crippen LogP contribution < -0.4 is 29.1 Å². The molecule has 154 valence electrons. The molecule has 2 aliphatic rings. The van der Waals surface area contributed by atoms with Crippen LogP contribution in [0.15, 0.2) is 45.6 Å². The summed E-state index contributed by atoms with van der Waals surface area (Å²) in [6, 6.07) is 6.78. The predicted octanol–water partition coefficient (Wildman–Crippen LogP) is 4.37. The topological polar surface area (TPSA) is 76.4 Å². The highest BCUT2D eigenvalue weighted by atomic mass is 16.6. The van der Waals surface area contributed by atoms with Gasteiger partial charge in [-0.25, -0.2) is 0 Å². The van der Waals surface area contributed by atoms with Crippen molar-refractivity contribution in [3.8, 4) is 34.5 Å². The van der Waals surface area contributed by atoms with E-state index in [1.54, 1.807) is 24.3 Å². The lowest BCUT2D eigenvalue weighted by Crippen LogP contribution is -2.13. The van der Waals surface area contributed by atoms with E-state index in [1.807, 2.05) is 6.92 Å². The fourth-order valence-electron chi connectivity index (χ4n) is 3.77. The molecule has 2 aliphatic heterocycles. The molecule has 0 radical (unpaired) electrons. The fraction of sp³-hybridized carbons (Fsp3) is 0.261. The molecular weight excluding hydrogens is 388 g/mol. The van der Waals surface area contributed by atoms with Gasteiger partial charge in [0.15, 0.2) is 35.4 Å². The van der Waals surface area contributed by atoms with Gasteiger partial charge in [0.2, 0.25) is 11.2 Å². The van der Waals surface area contributed by atoms with E-state index >= 15 is 0 Å². The zero-order chi connectivity index (χ0) is 21.0. The Bertz CT molecular complexity index is 1250. The van der Waals surface area contributed by atoms with Crippen LogP contribution in [0.2, 0.25) is 0 Å². The van der Waals surface area contributed by atoms with Gasteiger partial charge >= 0.3 is 0 Å². The van der Waals surface area contributed by atoms with Gasteiger partial charge in [-0.1, -0.05) is 6.58 Å². The second-order valence-corrected chi connectivity index (χ2v) is 7.30. The summed E-state index contributed by atoms with van der Waals surface area (Å²) < 4.78 is 34.5. The van der Waals surface area contributed by atoms with Crippen molar-refractivity contribution in [3.05, 3.63) is 58.0 Å². The minimum atomic E-state index is -0.265. The molecule has 0 aliphatic carbocycles. The van der Waals surface area contributed by atoms with Crippen molar-refractivity contribution in [1.29, 1.82) is 0 Å². The third kappa shape index (κ3) is 2.69. The molecular formula is C23H20O7. The van der Waals surface area contributed by atoms with Gasteiger partial charge in [0, 0.05) is 24.1 Å². The van der Waals surface area contributed by atoms with E-state index in [2.05, 4.69) is 6.58 Å². The summed E-state index contributed by atoms with van der Waals surface area (Å²) in [7, 11) is 3.06. The van der Waals surface area contributed by atoms with Crippen LogP contribution in [0.1, 0.15) is 18.2 Å². The van der Waals surface area contributed by atoms with E-state index < -0.39 is 0 Å². The van der Waals surface area contributed by atoms with Crippen LogP contribution in [-0.4, -0.2) is 20.3 Å². The maximum atomic E-state index is 13.3. The van der Waals surface area contributed by atoms with Gasteiger partial charge in [0.25, 0.3) is 0 Å². The van der Waals surface area contributed by atoms with Crippen molar-refractivity contribution in [1.82, 2.24) is 0 Å². The van der Waals surface area contributed by atoms with Gasteiger partial charge in [-0.15, -0.1) is 0 Å². The maximum absolute atomic E-state index is 13.3. The van der Waals surface area contributed by atoms with Crippen molar-refractivity contribution >= 4 is 11.0 Å². The summed E-state index contributed by atoms with van der Waals surface area (Å²) in [5, 5.41) is 0.433. The Labute approximate surface area is 172 Å². The maximum Gasteiger partial charge on any atom is 0.235 e. The first kappa shape index (κ1) is 18.4. The molecule has 7 heteroatoms. The Morgan fingerprint density at radius 2 is 1.83 bits per heavy atom. The van der Waals surface area contributed by atoms with Crippen LogP contribution in [-0.2, 0) is 13.0 Å². The van der Waals surface area contributed by atoms with E-state index in [1.165, 1.54) is 14.2 Å². The molecule has 1 atom stereocenters. The highest BCUT2D eigenvalue weighted by molar-refractivity contribution is 5.84. The molecule has 7 nitrogen and oxygen atoms in total. The normalized spacial score (nSPS) is 16.3. The lowest BCUT2D eigenvalue weighted by Gasteiger charge is -2.12. The Hall–Kier alpha value is -3.61. The molecule has 0 spiro atoms. The molecule has 0 saturated heterocycles. The Morgan fingerprint density at radius 3 is 2.53 bits per heavy atom. The van der Waals surface area contributed by atoms with Gasteiger partial charge in [-0.05, 0) is 24.6 Å². The van der Waals surface area contributed by atoms with Crippen LogP contribution >= 0.6 is 0 Å². The average Bonchev–Trinajstić information content (AvgIpc) is 3.11. The van der Waals surface area contributed by atoms with Gasteiger partial charge < -0.3 is 28.1 Å². The standard InChI is InChI=1S/C23H20O7/c1-11(2)15-7-13-14(28-15)6-5-12-21(24)23-20(30-22(12)13)10-27-18-8-16(25-3)17(26-4)9-19(18)29-23/h5-6,8-9,15H,1,7,10H2,2-4H3/t15-/m1/s1. The van der Waals surface area contributed by atoms with Crippen molar-refractivity contribution in [2.75, 3.05) is 14.2 Å². The number of hydrogen-bond donors (Lipinski definition) is 0. The minimum absolute atomic E-state index is 0.0391. The highest BCUT2D eigenvalue weighted by Crippen LogP contribution is 2.45. The van der Waals surface area contributed by atoms with Crippen LogP contribution in [0.25, 0.3) is 11.0 Å². The van der Waals surface area contributed by atoms with Gasteiger partial charge in [0.05, 0.1) is 19.6 Å². The van der Waals surface area contributed by atoms with E-state index in [-0.39, 0.29) is 23.9 Å². The molecule has 0 saturated carbocycles. The third-order valence-electron chi connectivity index (χ3n) is 5.38. The molecule has 30 heavy (non-hydrogen) atoms. The van der Waals surface area contributed by atoms with E-state index in [4.69, 9.17) is 28.1 Å². The molecule has 1 aromatic heterocycles. The van der Waals surface area contributed by atoms with E-state index in [0.717, 1.165) is 11.1 Å². The van der Waals surface area contributed by atoms with Crippen LogP contribution in [0.4, 0.5) is 0 Å². The molecule has 0 N–H and O–H groups in total. The Morgan fingerprint density at radius 1 is 1.10 bits per heavy atom. The number of benzene rings is 2. The Balaban J connectivity index is 1.65. The van der Waals surface area contributed by atoms with Crippen LogP contribution in [0.3, 0.4) is 0 Å². The number of hydrogen-bond acceptors (Lipinski definition) is 7. The number of ether oxygens (including phenoxy) is 5. The summed E-state index contributed by atoms with van der Waals surface area (Å²) in [6.45, 7) is 5.93. The minimum Gasteiger partial charge on any atom is -0.493 e. The van der Waals surface area contributed by atoms with Crippen molar-refractivity contribution in [2.45, 2.75) is 26.1 Å². The molecule has 5 rings (SSSR count). The molecule has 0 bridgehead atoms. The first-order valence-electron chi connectivity index (χ1n) is 9.50. The molecule has 3 aromatic rings. The molecule has 2 aromatic carbocycles. The van der Waals surface area contributed by atoms with E-state index in [9.17, 15) is 4.79 Å². The van der Waals surface area contributed by atoms with E-state index in [0.29, 0.717) is 51.9 Å². The highest BCUT2D eigenvalue weighted by Gasteiger charge is 2.30. The van der Waals surface area contributed by atoms with Crippen molar-refractivity contribution < 1.29 is 28.1 Å². The number of fused-ring (bicyclic) bond motifs is 5. The lowest BCUT2D eigenvalue weighted by atomic mass is 10.0. The molecule has 0 unspecified atom stereocenters. The Kier molecular flexibility index (Phi) is 4.13. The first-order valence-corrected chi connectivity index (χ1v) is 9.50. The summed E-state index contributed by atoms with van der Waals surface area (Å²) >= 11 is 0. The van der Waals surface area contributed by atoms with Crippen LogP contribution in [0.5, 0.6) is 34.5 Å². The summed E-state index contributed by atoms with van der Waals surface area (Å²) in [5.74, 6) is 2.86. The lowest BCUT2D eigenvalue weighted by molar-refractivity contribution is 0.271. The molecule has 0 amide bonds. The van der Waals surface area contributed by atoms with Gasteiger partial charge in [0.1, 0.15) is 17.4 Å². The van der Waals surface area contributed by atoms with Crippen molar-refractivity contribution in [2.24, 2.45) is 0 Å². The largest absolute Gasteiger partial charge is 0.493 e. The third-order valence-corrected chi connectivity index (χ3v) is 5.38.